The van der Waals surface area contributed by atoms with Crippen LogP contribution in [0, 0.1) is 5.41 Å². The van der Waals surface area contributed by atoms with Gasteiger partial charge >= 0.3 is 5.97 Å². The highest BCUT2D eigenvalue weighted by Gasteiger charge is 2.50. The summed E-state index contributed by atoms with van der Waals surface area (Å²) in [6, 6.07) is -0.689. The van der Waals surface area contributed by atoms with Gasteiger partial charge in [-0.3, -0.25) is 9.59 Å². The molecule has 2 N–H and O–H groups in total. The number of carbonyl (C=O) groups excluding carboxylic acids is 1. The molecule has 2 rings (SSSR count). The van der Waals surface area contributed by atoms with Gasteiger partial charge in [0.1, 0.15) is 6.04 Å². The third-order valence-corrected chi connectivity index (χ3v) is 6.31. The fourth-order valence-electron chi connectivity index (χ4n) is 2.70. The molecule has 1 aliphatic carbocycles. The van der Waals surface area contributed by atoms with Crippen molar-refractivity contribution in [3.63, 3.8) is 0 Å². The number of carbonyl (C=O) groups is 2. The largest absolute Gasteiger partial charge is 0.481 e. The molecule has 0 spiro atoms. The van der Waals surface area contributed by atoms with Crippen molar-refractivity contribution in [1.82, 2.24) is 9.62 Å². The van der Waals surface area contributed by atoms with E-state index >= 15 is 0 Å². The number of sulfonamides is 1. The first-order valence-electron chi connectivity index (χ1n) is 7.33. The van der Waals surface area contributed by atoms with E-state index in [1.54, 1.807) is 6.92 Å². The van der Waals surface area contributed by atoms with Crippen LogP contribution in [0.1, 0.15) is 39.0 Å². The minimum absolute atomic E-state index is 0.0375. The molecule has 0 aromatic carbocycles. The second-order valence-electron chi connectivity index (χ2n) is 5.89. The maximum Gasteiger partial charge on any atom is 0.311 e. The number of carboxylic acid groups (broad SMARTS) is 1. The molecule has 1 saturated heterocycles. The Hall–Kier alpha value is -1.15. The zero-order valence-corrected chi connectivity index (χ0v) is 13.0. The van der Waals surface area contributed by atoms with Gasteiger partial charge in [-0.1, -0.05) is 6.92 Å². The summed E-state index contributed by atoms with van der Waals surface area (Å²) in [7, 11) is -3.40. The third-order valence-electron chi connectivity index (χ3n) is 4.23. The van der Waals surface area contributed by atoms with Crippen molar-refractivity contribution in [2.24, 2.45) is 5.41 Å². The molecule has 7 nitrogen and oxygen atoms in total. The summed E-state index contributed by atoms with van der Waals surface area (Å²) < 4.78 is 25.5. The molecule has 21 heavy (non-hydrogen) atoms. The van der Waals surface area contributed by atoms with E-state index in [0.717, 1.165) is 0 Å². The monoisotopic (exact) mass is 318 g/mol. The van der Waals surface area contributed by atoms with Gasteiger partial charge in [0.2, 0.25) is 15.9 Å². The van der Waals surface area contributed by atoms with Crippen LogP contribution in [0.15, 0.2) is 0 Å². The number of hydrogen-bond donors (Lipinski definition) is 2. The summed E-state index contributed by atoms with van der Waals surface area (Å²) in [4.78, 5) is 23.3. The van der Waals surface area contributed by atoms with E-state index in [0.29, 0.717) is 38.6 Å². The number of hydrogen-bond acceptors (Lipinski definition) is 4. The molecule has 0 bridgehead atoms. The molecule has 120 valence electrons. The highest BCUT2D eigenvalue weighted by molar-refractivity contribution is 7.89. The molecular weight excluding hydrogens is 296 g/mol. The first-order valence-corrected chi connectivity index (χ1v) is 8.94. The molecule has 2 aliphatic rings. The number of rotatable bonds is 7. The van der Waals surface area contributed by atoms with Crippen LogP contribution in [-0.2, 0) is 19.6 Å². The van der Waals surface area contributed by atoms with Crippen molar-refractivity contribution >= 4 is 21.9 Å². The molecular formula is C13H22N2O5S. The van der Waals surface area contributed by atoms with E-state index < -0.39 is 27.4 Å². The number of aliphatic carboxylic acids is 1. The van der Waals surface area contributed by atoms with Gasteiger partial charge in [0.05, 0.1) is 11.2 Å². The van der Waals surface area contributed by atoms with Gasteiger partial charge in [0, 0.05) is 13.1 Å². The topological polar surface area (TPSA) is 104 Å². The molecule has 1 heterocycles. The summed E-state index contributed by atoms with van der Waals surface area (Å²) in [6.45, 7) is 2.23. The Morgan fingerprint density at radius 2 is 2.05 bits per heavy atom. The van der Waals surface area contributed by atoms with Crippen LogP contribution >= 0.6 is 0 Å². The lowest BCUT2D eigenvalue weighted by atomic mass is 10.1. The third kappa shape index (κ3) is 3.37. The summed E-state index contributed by atoms with van der Waals surface area (Å²) in [6.07, 6.45) is 2.78. The molecule has 0 aromatic heterocycles. The standard InChI is InChI=1S/C13H22N2O5S/c1-2-8-21(19,20)15-7-3-4-10(15)11(16)14-9-13(5-6-13)12(17)18/h10H,2-9H2,1H3,(H,14,16)(H,17,18). The highest BCUT2D eigenvalue weighted by Crippen LogP contribution is 2.45. The number of amides is 1. The van der Waals surface area contributed by atoms with Crippen molar-refractivity contribution in [3.8, 4) is 0 Å². The lowest BCUT2D eigenvalue weighted by Gasteiger charge is -2.23. The summed E-state index contributed by atoms with van der Waals surface area (Å²) in [5.41, 5.74) is -0.832. The molecule has 1 unspecified atom stereocenters. The van der Waals surface area contributed by atoms with Crippen molar-refractivity contribution in [2.75, 3.05) is 18.8 Å². The average Bonchev–Trinajstić information content (AvgIpc) is 3.03. The second kappa shape index (κ2) is 5.92. The smallest absolute Gasteiger partial charge is 0.311 e. The normalized spacial score (nSPS) is 24.7. The average molecular weight is 318 g/mol. The molecule has 8 heteroatoms. The fraction of sp³-hybridized carbons (Fsp3) is 0.846. The summed E-state index contributed by atoms with van der Waals surface area (Å²) >= 11 is 0. The lowest BCUT2D eigenvalue weighted by Crippen LogP contribution is -2.48. The predicted molar refractivity (Wildman–Crippen MR) is 76.1 cm³/mol. The van der Waals surface area contributed by atoms with E-state index in [-0.39, 0.29) is 18.2 Å². The molecule has 1 atom stereocenters. The molecule has 1 amide bonds. The van der Waals surface area contributed by atoms with Crippen LogP contribution in [0.3, 0.4) is 0 Å². The van der Waals surface area contributed by atoms with Crippen LogP contribution in [0.25, 0.3) is 0 Å². The van der Waals surface area contributed by atoms with Gasteiger partial charge in [0.25, 0.3) is 0 Å². The quantitative estimate of drug-likeness (QED) is 0.696. The maximum atomic E-state index is 12.2. The van der Waals surface area contributed by atoms with E-state index in [1.807, 2.05) is 0 Å². The minimum Gasteiger partial charge on any atom is -0.481 e. The fourth-order valence-corrected chi connectivity index (χ4v) is 4.45. The molecule has 0 aromatic rings. The van der Waals surface area contributed by atoms with E-state index in [1.165, 1.54) is 4.31 Å². The van der Waals surface area contributed by atoms with Gasteiger partial charge < -0.3 is 10.4 Å². The van der Waals surface area contributed by atoms with E-state index in [2.05, 4.69) is 5.32 Å². The molecule has 0 radical (unpaired) electrons. The summed E-state index contributed by atoms with van der Waals surface area (Å²) in [5, 5.41) is 11.7. The molecule has 2 fully saturated rings. The van der Waals surface area contributed by atoms with Crippen molar-refractivity contribution in [1.29, 1.82) is 0 Å². The van der Waals surface area contributed by atoms with Crippen molar-refractivity contribution < 1.29 is 23.1 Å². The second-order valence-corrected chi connectivity index (χ2v) is 7.93. The van der Waals surface area contributed by atoms with Crippen LogP contribution < -0.4 is 5.32 Å². The first kappa shape index (κ1) is 16.2. The SMILES string of the molecule is CCCS(=O)(=O)N1CCCC1C(=O)NCC1(C(=O)O)CC1. The number of nitrogens with one attached hydrogen (secondary N) is 1. The summed E-state index contributed by atoms with van der Waals surface area (Å²) in [5.74, 6) is -1.24. The Morgan fingerprint density at radius 3 is 2.57 bits per heavy atom. The molecule has 1 saturated carbocycles. The Balaban J connectivity index is 1.97. The Morgan fingerprint density at radius 1 is 1.38 bits per heavy atom. The number of nitrogens with zero attached hydrogens (tertiary/aromatic N) is 1. The highest BCUT2D eigenvalue weighted by atomic mass is 32.2. The lowest BCUT2D eigenvalue weighted by molar-refractivity contribution is -0.143. The zero-order chi connectivity index (χ0) is 15.7. The van der Waals surface area contributed by atoms with Gasteiger partial charge in [-0.15, -0.1) is 0 Å². The number of carboxylic acids is 1. The van der Waals surface area contributed by atoms with Crippen molar-refractivity contribution in [2.45, 2.75) is 45.1 Å². The van der Waals surface area contributed by atoms with E-state index in [4.69, 9.17) is 5.11 Å². The van der Waals surface area contributed by atoms with Gasteiger partial charge in [0.15, 0.2) is 0 Å². The first-order chi connectivity index (χ1) is 9.82. The van der Waals surface area contributed by atoms with E-state index in [9.17, 15) is 18.0 Å². The molecule has 1 aliphatic heterocycles. The van der Waals surface area contributed by atoms with Crippen LogP contribution in [-0.4, -0.2) is 54.6 Å². The van der Waals surface area contributed by atoms with Crippen molar-refractivity contribution in [3.05, 3.63) is 0 Å². The zero-order valence-electron chi connectivity index (χ0n) is 12.2. The van der Waals surface area contributed by atoms with Gasteiger partial charge in [-0.25, -0.2) is 8.42 Å². The predicted octanol–water partition coefficient (Wildman–Crippen LogP) is 0.172. The van der Waals surface area contributed by atoms with Crippen LogP contribution in [0.2, 0.25) is 0 Å². The van der Waals surface area contributed by atoms with Crippen LogP contribution in [0.4, 0.5) is 0 Å². The Bertz CT molecular complexity index is 527. The Labute approximate surface area is 124 Å². The minimum atomic E-state index is -3.40. The maximum absolute atomic E-state index is 12.2. The van der Waals surface area contributed by atoms with Gasteiger partial charge in [-0.2, -0.15) is 4.31 Å². The van der Waals surface area contributed by atoms with Gasteiger partial charge in [-0.05, 0) is 32.1 Å². The Kier molecular flexibility index (Phi) is 4.57. The van der Waals surface area contributed by atoms with Crippen LogP contribution in [0.5, 0.6) is 0 Å².